The molecule has 0 aliphatic heterocycles. The molecule has 1 atom stereocenters. The van der Waals surface area contributed by atoms with Crippen LogP contribution in [0, 0.1) is 10.1 Å². The summed E-state index contributed by atoms with van der Waals surface area (Å²) in [6, 6.07) is 4.87. The number of nitrogens with one attached hydrogen (secondary N) is 1. The van der Waals surface area contributed by atoms with Gasteiger partial charge in [-0.1, -0.05) is 6.07 Å². The Kier molecular flexibility index (Phi) is 5.57. The summed E-state index contributed by atoms with van der Waals surface area (Å²) in [5, 5.41) is 23.1. The monoisotopic (exact) mass is 268 g/mol. The van der Waals surface area contributed by atoms with Crippen LogP contribution in [0.1, 0.15) is 27.2 Å². The summed E-state index contributed by atoms with van der Waals surface area (Å²) >= 11 is 0. The predicted molar refractivity (Wildman–Crippen MR) is 73.6 cm³/mol. The first-order valence-electron chi connectivity index (χ1n) is 6.27. The van der Waals surface area contributed by atoms with Crippen LogP contribution in [0.3, 0.4) is 0 Å². The van der Waals surface area contributed by atoms with Crippen LogP contribution in [0.2, 0.25) is 0 Å². The van der Waals surface area contributed by atoms with Crippen molar-refractivity contribution in [1.29, 1.82) is 0 Å². The van der Waals surface area contributed by atoms with E-state index in [0.29, 0.717) is 12.1 Å². The molecule has 0 saturated heterocycles. The van der Waals surface area contributed by atoms with Crippen LogP contribution < -0.4 is 10.1 Å². The van der Waals surface area contributed by atoms with E-state index in [-0.39, 0.29) is 30.2 Å². The Hall–Kier alpha value is -1.82. The number of hydrogen-bond donors (Lipinski definition) is 2. The quantitative estimate of drug-likeness (QED) is 0.586. The van der Waals surface area contributed by atoms with Crippen LogP contribution in [0.25, 0.3) is 0 Å². The summed E-state index contributed by atoms with van der Waals surface area (Å²) in [7, 11) is 0. The Morgan fingerprint density at radius 2 is 2.11 bits per heavy atom. The van der Waals surface area contributed by atoms with Gasteiger partial charge in [-0.15, -0.1) is 0 Å². The van der Waals surface area contributed by atoms with E-state index in [1.165, 1.54) is 0 Å². The van der Waals surface area contributed by atoms with Crippen molar-refractivity contribution in [1.82, 2.24) is 0 Å². The van der Waals surface area contributed by atoms with Crippen LogP contribution in [0.5, 0.6) is 5.75 Å². The number of benzene rings is 1. The standard InChI is InChI=1S/C13H20N2O4/c1-9(2)19-12-6-4-5-11(13(12)15(17)18)14-10(3)7-8-16/h4-6,9-10,14,16H,7-8H2,1-3H3. The lowest BCUT2D eigenvalue weighted by Crippen LogP contribution is -2.18. The molecule has 0 aromatic heterocycles. The maximum absolute atomic E-state index is 11.2. The number of nitrogens with zero attached hydrogens (tertiary/aromatic N) is 1. The number of para-hydroxylation sites is 1. The molecule has 6 heteroatoms. The summed E-state index contributed by atoms with van der Waals surface area (Å²) < 4.78 is 5.46. The maximum atomic E-state index is 11.2. The average Bonchev–Trinajstić information content (AvgIpc) is 2.27. The molecule has 1 rings (SSSR count). The molecule has 0 spiro atoms. The van der Waals surface area contributed by atoms with E-state index in [4.69, 9.17) is 9.84 Å². The highest BCUT2D eigenvalue weighted by Gasteiger charge is 2.22. The average molecular weight is 268 g/mol. The predicted octanol–water partition coefficient (Wildman–Crippen LogP) is 2.56. The molecule has 0 heterocycles. The summed E-state index contributed by atoms with van der Waals surface area (Å²) in [6.07, 6.45) is 0.385. The van der Waals surface area contributed by atoms with Gasteiger partial charge < -0.3 is 15.2 Å². The Morgan fingerprint density at radius 3 is 2.63 bits per heavy atom. The van der Waals surface area contributed by atoms with E-state index in [2.05, 4.69) is 5.32 Å². The summed E-state index contributed by atoms with van der Waals surface area (Å²) in [5.41, 5.74) is 0.338. The highest BCUT2D eigenvalue weighted by molar-refractivity contribution is 5.68. The van der Waals surface area contributed by atoms with Gasteiger partial charge in [-0.05, 0) is 39.3 Å². The van der Waals surface area contributed by atoms with Gasteiger partial charge in [0.25, 0.3) is 0 Å². The highest BCUT2D eigenvalue weighted by Crippen LogP contribution is 2.35. The molecular weight excluding hydrogens is 248 g/mol. The van der Waals surface area contributed by atoms with Crippen LogP contribution in [0.4, 0.5) is 11.4 Å². The lowest BCUT2D eigenvalue weighted by Gasteiger charge is -2.16. The Bertz CT molecular complexity index is 435. The summed E-state index contributed by atoms with van der Waals surface area (Å²) in [4.78, 5) is 10.7. The SMILES string of the molecule is CC(CCO)Nc1cccc(OC(C)C)c1[N+](=O)[O-]. The Morgan fingerprint density at radius 1 is 1.42 bits per heavy atom. The van der Waals surface area contributed by atoms with Gasteiger partial charge in [0.2, 0.25) is 0 Å². The molecule has 19 heavy (non-hydrogen) atoms. The normalized spacial score (nSPS) is 12.3. The van der Waals surface area contributed by atoms with E-state index in [9.17, 15) is 10.1 Å². The molecule has 106 valence electrons. The van der Waals surface area contributed by atoms with E-state index < -0.39 is 4.92 Å². The number of aliphatic hydroxyl groups is 1. The molecular formula is C13H20N2O4. The first kappa shape index (κ1) is 15.2. The molecule has 1 aromatic rings. The van der Waals surface area contributed by atoms with Gasteiger partial charge >= 0.3 is 5.69 Å². The van der Waals surface area contributed by atoms with E-state index in [0.717, 1.165) is 0 Å². The number of nitro groups is 1. The van der Waals surface area contributed by atoms with Gasteiger partial charge in [-0.2, -0.15) is 0 Å². The minimum Gasteiger partial charge on any atom is -0.484 e. The van der Waals surface area contributed by atoms with Gasteiger partial charge in [0, 0.05) is 12.6 Å². The third kappa shape index (κ3) is 4.40. The maximum Gasteiger partial charge on any atom is 0.333 e. The fourth-order valence-corrected chi connectivity index (χ4v) is 1.71. The van der Waals surface area contributed by atoms with Crippen molar-refractivity contribution in [3.63, 3.8) is 0 Å². The molecule has 0 aliphatic rings. The first-order valence-corrected chi connectivity index (χ1v) is 6.27. The van der Waals surface area contributed by atoms with Crippen molar-refractivity contribution < 1.29 is 14.8 Å². The minimum atomic E-state index is -0.453. The molecule has 0 radical (unpaired) electrons. The van der Waals surface area contributed by atoms with Gasteiger partial charge in [0.05, 0.1) is 11.0 Å². The second-order valence-corrected chi connectivity index (χ2v) is 4.63. The second kappa shape index (κ2) is 6.94. The van der Waals surface area contributed by atoms with Gasteiger partial charge in [-0.25, -0.2) is 0 Å². The van der Waals surface area contributed by atoms with Crippen LogP contribution >= 0.6 is 0 Å². The summed E-state index contributed by atoms with van der Waals surface area (Å²) in [6.45, 7) is 5.52. The minimum absolute atomic E-state index is 0.0319. The molecule has 0 aliphatic carbocycles. The number of ether oxygens (including phenoxy) is 1. The number of nitro benzene ring substituents is 1. The third-order valence-corrected chi connectivity index (χ3v) is 2.51. The number of anilines is 1. The topological polar surface area (TPSA) is 84.6 Å². The molecule has 0 bridgehead atoms. The lowest BCUT2D eigenvalue weighted by atomic mass is 10.2. The van der Waals surface area contributed by atoms with Gasteiger partial charge in [-0.3, -0.25) is 10.1 Å². The zero-order valence-electron chi connectivity index (χ0n) is 11.4. The molecule has 2 N–H and O–H groups in total. The Labute approximate surface area is 112 Å². The fourth-order valence-electron chi connectivity index (χ4n) is 1.71. The molecule has 0 amide bonds. The van der Waals surface area contributed by atoms with Gasteiger partial charge in [0.1, 0.15) is 5.69 Å². The molecule has 6 nitrogen and oxygen atoms in total. The van der Waals surface area contributed by atoms with Crippen molar-refractivity contribution >= 4 is 11.4 Å². The zero-order valence-corrected chi connectivity index (χ0v) is 11.4. The molecule has 1 unspecified atom stereocenters. The highest BCUT2D eigenvalue weighted by atomic mass is 16.6. The van der Waals surface area contributed by atoms with Crippen molar-refractivity contribution in [3.05, 3.63) is 28.3 Å². The van der Waals surface area contributed by atoms with Gasteiger partial charge in [0.15, 0.2) is 5.75 Å². The molecule has 1 aromatic carbocycles. The smallest absolute Gasteiger partial charge is 0.333 e. The zero-order chi connectivity index (χ0) is 14.4. The van der Waals surface area contributed by atoms with Crippen molar-refractivity contribution in [2.45, 2.75) is 39.3 Å². The third-order valence-electron chi connectivity index (χ3n) is 2.51. The molecule has 0 saturated carbocycles. The van der Waals surface area contributed by atoms with Crippen molar-refractivity contribution in [3.8, 4) is 5.75 Å². The fraction of sp³-hybridized carbons (Fsp3) is 0.538. The number of aliphatic hydroxyl groups excluding tert-OH is 1. The van der Waals surface area contributed by atoms with Crippen LogP contribution in [-0.2, 0) is 0 Å². The first-order chi connectivity index (χ1) is 8.95. The number of hydrogen-bond acceptors (Lipinski definition) is 5. The summed E-state index contributed by atoms with van der Waals surface area (Å²) in [5.74, 6) is 0.251. The van der Waals surface area contributed by atoms with Crippen LogP contribution in [-0.4, -0.2) is 28.8 Å². The van der Waals surface area contributed by atoms with E-state index in [1.54, 1.807) is 18.2 Å². The van der Waals surface area contributed by atoms with Crippen molar-refractivity contribution in [2.24, 2.45) is 0 Å². The van der Waals surface area contributed by atoms with Crippen LogP contribution in [0.15, 0.2) is 18.2 Å². The second-order valence-electron chi connectivity index (χ2n) is 4.63. The van der Waals surface area contributed by atoms with E-state index >= 15 is 0 Å². The lowest BCUT2D eigenvalue weighted by molar-refractivity contribution is -0.385. The van der Waals surface area contributed by atoms with E-state index in [1.807, 2.05) is 20.8 Å². The Balaban J connectivity index is 3.06. The largest absolute Gasteiger partial charge is 0.484 e. The van der Waals surface area contributed by atoms with Crippen molar-refractivity contribution in [2.75, 3.05) is 11.9 Å². The number of rotatable bonds is 7. The molecule has 0 fully saturated rings.